The first-order chi connectivity index (χ1) is 8.55. The molecule has 0 aliphatic rings. The number of carbonyl (C=O) groups excluding carboxylic acids is 1. The molecule has 0 saturated carbocycles. The first-order valence-electron chi connectivity index (χ1n) is 6.02. The Hall–Kier alpha value is -1.89. The van der Waals surface area contributed by atoms with Crippen molar-refractivity contribution < 1.29 is 9.18 Å². The molecule has 0 heterocycles. The number of nitriles is 1. The van der Waals surface area contributed by atoms with Gasteiger partial charge in [-0.1, -0.05) is 26.0 Å². The zero-order chi connectivity index (χ0) is 13.6. The van der Waals surface area contributed by atoms with Gasteiger partial charge in [-0.05, 0) is 30.5 Å². The molecule has 3 nitrogen and oxygen atoms in total. The van der Waals surface area contributed by atoms with Crippen LogP contribution < -0.4 is 5.32 Å². The molecule has 0 aromatic heterocycles. The molecular formula is C14H17FN2O. The summed E-state index contributed by atoms with van der Waals surface area (Å²) in [5, 5.41) is 11.8. The maximum absolute atomic E-state index is 13.0. The highest BCUT2D eigenvalue weighted by Gasteiger charge is 2.27. The molecule has 0 fully saturated rings. The van der Waals surface area contributed by atoms with Crippen molar-refractivity contribution in [3.8, 4) is 6.07 Å². The minimum atomic E-state index is -0.815. The fourth-order valence-corrected chi connectivity index (χ4v) is 1.76. The molecule has 4 heteroatoms. The van der Waals surface area contributed by atoms with E-state index in [9.17, 15) is 9.18 Å². The second-order valence-electron chi connectivity index (χ2n) is 4.26. The van der Waals surface area contributed by atoms with Crippen molar-refractivity contribution in [1.29, 1.82) is 5.26 Å². The van der Waals surface area contributed by atoms with Crippen LogP contribution in [0.15, 0.2) is 24.3 Å². The topological polar surface area (TPSA) is 52.9 Å². The predicted octanol–water partition coefficient (Wildman–Crippen LogP) is 2.57. The Morgan fingerprint density at radius 2 is 2.11 bits per heavy atom. The first-order valence-corrected chi connectivity index (χ1v) is 6.02. The van der Waals surface area contributed by atoms with E-state index < -0.39 is 5.54 Å². The Bertz CT molecular complexity index is 461. The standard InChI is InChI=1S/C14H17FN2O/c1-3-14(4-2,10-16)17-13(18)9-11-6-5-7-12(15)8-11/h5-8H,3-4,9H2,1-2H3,(H,17,18). The summed E-state index contributed by atoms with van der Waals surface area (Å²) in [6.45, 7) is 3.71. The van der Waals surface area contributed by atoms with Gasteiger partial charge >= 0.3 is 0 Å². The van der Waals surface area contributed by atoms with Gasteiger partial charge in [0.1, 0.15) is 11.4 Å². The highest BCUT2D eigenvalue weighted by Crippen LogP contribution is 2.14. The summed E-state index contributed by atoms with van der Waals surface area (Å²) >= 11 is 0. The number of hydrogen-bond acceptors (Lipinski definition) is 2. The molecule has 0 saturated heterocycles. The van der Waals surface area contributed by atoms with Gasteiger partial charge in [0.15, 0.2) is 0 Å². The molecule has 1 aromatic carbocycles. The van der Waals surface area contributed by atoms with Crippen LogP contribution in [0, 0.1) is 17.1 Å². The maximum Gasteiger partial charge on any atom is 0.225 e. The van der Waals surface area contributed by atoms with Crippen LogP contribution in [-0.2, 0) is 11.2 Å². The molecule has 0 unspecified atom stereocenters. The number of carbonyl (C=O) groups is 1. The molecule has 1 aromatic rings. The van der Waals surface area contributed by atoms with Crippen molar-refractivity contribution in [2.75, 3.05) is 0 Å². The molecule has 1 amide bonds. The zero-order valence-corrected chi connectivity index (χ0v) is 10.7. The summed E-state index contributed by atoms with van der Waals surface area (Å²) in [6.07, 6.45) is 1.19. The third-order valence-electron chi connectivity index (χ3n) is 3.05. The molecule has 0 radical (unpaired) electrons. The lowest BCUT2D eigenvalue weighted by Crippen LogP contribution is -2.47. The molecule has 96 valence electrons. The average Bonchev–Trinajstić information content (AvgIpc) is 2.36. The number of rotatable bonds is 5. The lowest BCUT2D eigenvalue weighted by Gasteiger charge is -2.24. The van der Waals surface area contributed by atoms with E-state index in [2.05, 4.69) is 11.4 Å². The molecule has 0 bridgehead atoms. The van der Waals surface area contributed by atoms with Gasteiger partial charge in [0.2, 0.25) is 5.91 Å². The van der Waals surface area contributed by atoms with Crippen LogP contribution in [0.1, 0.15) is 32.3 Å². The molecule has 0 aliphatic heterocycles. The van der Waals surface area contributed by atoms with Gasteiger partial charge in [-0.2, -0.15) is 5.26 Å². The van der Waals surface area contributed by atoms with Crippen molar-refractivity contribution in [1.82, 2.24) is 5.32 Å². The number of nitrogens with zero attached hydrogens (tertiary/aromatic N) is 1. The Morgan fingerprint density at radius 1 is 1.44 bits per heavy atom. The molecule has 0 spiro atoms. The van der Waals surface area contributed by atoms with Gasteiger partial charge in [0.05, 0.1) is 12.5 Å². The van der Waals surface area contributed by atoms with Crippen molar-refractivity contribution in [2.45, 2.75) is 38.6 Å². The highest BCUT2D eigenvalue weighted by molar-refractivity contribution is 5.79. The smallest absolute Gasteiger partial charge is 0.225 e. The Balaban J connectivity index is 2.70. The van der Waals surface area contributed by atoms with Gasteiger partial charge < -0.3 is 5.32 Å². The normalized spacial score (nSPS) is 10.8. The van der Waals surface area contributed by atoms with Crippen LogP contribution in [0.25, 0.3) is 0 Å². The van der Waals surface area contributed by atoms with E-state index in [0.717, 1.165) is 0 Å². The van der Waals surface area contributed by atoms with E-state index in [1.54, 1.807) is 12.1 Å². The van der Waals surface area contributed by atoms with Crippen molar-refractivity contribution >= 4 is 5.91 Å². The van der Waals surface area contributed by atoms with Crippen LogP contribution in [0.5, 0.6) is 0 Å². The predicted molar refractivity (Wildman–Crippen MR) is 67.2 cm³/mol. The fraction of sp³-hybridized carbons (Fsp3) is 0.429. The summed E-state index contributed by atoms with van der Waals surface area (Å²) < 4.78 is 13.0. The third-order valence-corrected chi connectivity index (χ3v) is 3.05. The molecule has 1 rings (SSSR count). The lowest BCUT2D eigenvalue weighted by atomic mass is 9.94. The second-order valence-corrected chi connectivity index (χ2v) is 4.26. The zero-order valence-electron chi connectivity index (χ0n) is 10.7. The first kappa shape index (κ1) is 14.2. The summed E-state index contributed by atoms with van der Waals surface area (Å²) in [4.78, 5) is 11.8. The molecule has 18 heavy (non-hydrogen) atoms. The summed E-state index contributed by atoms with van der Waals surface area (Å²) in [5.41, 5.74) is -0.212. The largest absolute Gasteiger partial charge is 0.338 e. The van der Waals surface area contributed by atoms with E-state index in [4.69, 9.17) is 5.26 Å². The Labute approximate surface area is 107 Å². The minimum Gasteiger partial charge on any atom is -0.338 e. The van der Waals surface area contributed by atoms with Gasteiger partial charge in [0.25, 0.3) is 0 Å². The van der Waals surface area contributed by atoms with Crippen LogP contribution in [-0.4, -0.2) is 11.4 Å². The molecule has 1 N–H and O–H groups in total. The molecule has 0 aliphatic carbocycles. The van der Waals surface area contributed by atoms with Crippen molar-refractivity contribution in [3.05, 3.63) is 35.6 Å². The average molecular weight is 248 g/mol. The van der Waals surface area contributed by atoms with Crippen LogP contribution >= 0.6 is 0 Å². The number of amides is 1. The van der Waals surface area contributed by atoms with E-state index in [1.807, 2.05) is 13.8 Å². The number of hydrogen-bond donors (Lipinski definition) is 1. The third kappa shape index (κ3) is 3.56. The SMILES string of the molecule is CCC(C#N)(CC)NC(=O)Cc1cccc(F)c1. The number of benzene rings is 1. The van der Waals surface area contributed by atoms with Crippen LogP contribution in [0.2, 0.25) is 0 Å². The second kappa shape index (κ2) is 6.15. The number of halogens is 1. The minimum absolute atomic E-state index is 0.0845. The fourth-order valence-electron chi connectivity index (χ4n) is 1.76. The van der Waals surface area contributed by atoms with E-state index in [1.165, 1.54) is 12.1 Å². The van der Waals surface area contributed by atoms with Gasteiger partial charge in [-0.25, -0.2) is 4.39 Å². The monoisotopic (exact) mass is 248 g/mol. The van der Waals surface area contributed by atoms with Crippen molar-refractivity contribution in [3.63, 3.8) is 0 Å². The quantitative estimate of drug-likeness (QED) is 0.870. The van der Waals surface area contributed by atoms with Gasteiger partial charge in [-0.3, -0.25) is 4.79 Å². The van der Waals surface area contributed by atoms with Crippen LogP contribution in [0.3, 0.4) is 0 Å². The van der Waals surface area contributed by atoms with E-state index in [0.29, 0.717) is 18.4 Å². The lowest BCUT2D eigenvalue weighted by molar-refractivity contribution is -0.121. The molecule has 0 atom stereocenters. The molecular weight excluding hydrogens is 231 g/mol. The van der Waals surface area contributed by atoms with Gasteiger partial charge in [-0.15, -0.1) is 0 Å². The van der Waals surface area contributed by atoms with E-state index in [-0.39, 0.29) is 18.1 Å². The summed E-state index contributed by atoms with van der Waals surface area (Å²) in [7, 11) is 0. The van der Waals surface area contributed by atoms with Crippen LogP contribution in [0.4, 0.5) is 4.39 Å². The van der Waals surface area contributed by atoms with Gasteiger partial charge in [0, 0.05) is 0 Å². The van der Waals surface area contributed by atoms with Crippen molar-refractivity contribution in [2.24, 2.45) is 0 Å². The Kier molecular flexibility index (Phi) is 4.85. The summed E-state index contributed by atoms with van der Waals surface area (Å²) in [5.74, 6) is -0.622. The van der Waals surface area contributed by atoms with E-state index >= 15 is 0 Å². The maximum atomic E-state index is 13.0. The summed E-state index contributed by atoms with van der Waals surface area (Å²) in [6, 6.07) is 8.05. The number of nitrogens with one attached hydrogen (secondary N) is 1. The Morgan fingerprint density at radius 3 is 2.61 bits per heavy atom. The highest BCUT2D eigenvalue weighted by atomic mass is 19.1.